The Labute approximate surface area is 146 Å². The number of nitrogens with zero attached hydrogens (tertiary/aromatic N) is 3. The van der Waals surface area contributed by atoms with Crippen molar-refractivity contribution in [3.63, 3.8) is 0 Å². The van der Waals surface area contributed by atoms with Gasteiger partial charge in [0.25, 0.3) is 5.91 Å². The van der Waals surface area contributed by atoms with Gasteiger partial charge in [-0.2, -0.15) is 5.10 Å². The number of carbonyl (C=O) groups excluding carboxylic acids is 2. The normalized spacial score (nSPS) is 20.0. The fourth-order valence-corrected chi connectivity index (χ4v) is 3.58. The molecule has 1 aromatic heterocycles. The smallest absolute Gasteiger partial charge is 0.257 e. The van der Waals surface area contributed by atoms with Gasteiger partial charge in [-0.05, 0) is 24.8 Å². The highest BCUT2D eigenvalue weighted by Crippen LogP contribution is 2.42. The van der Waals surface area contributed by atoms with Crippen molar-refractivity contribution in [1.82, 2.24) is 14.7 Å². The molecule has 0 unspecified atom stereocenters. The lowest BCUT2D eigenvalue weighted by Crippen LogP contribution is -2.32. The van der Waals surface area contributed by atoms with Crippen molar-refractivity contribution in [2.24, 2.45) is 11.7 Å². The molecule has 1 aliphatic heterocycles. The van der Waals surface area contributed by atoms with Crippen molar-refractivity contribution in [3.05, 3.63) is 53.3 Å². The van der Waals surface area contributed by atoms with Gasteiger partial charge in [-0.3, -0.25) is 14.3 Å². The number of benzene rings is 1. The van der Waals surface area contributed by atoms with Crippen molar-refractivity contribution in [2.45, 2.75) is 31.7 Å². The minimum atomic E-state index is -0.322. The topological polar surface area (TPSA) is 81.2 Å². The summed E-state index contributed by atoms with van der Waals surface area (Å²) in [6.07, 6.45) is 4.55. The fourth-order valence-electron chi connectivity index (χ4n) is 3.58. The van der Waals surface area contributed by atoms with E-state index in [9.17, 15) is 9.59 Å². The Balaban J connectivity index is 1.58. The number of hydrogen-bond donors (Lipinski definition) is 1. The molecule has 2 heterocycles. The first-order valence-corrected chi connectivity index (χ1v) is 8.81. The standard InChI is InChI=1S/C19H22N4O2/c20-18(24)15-8-9-22(12-15)19(25)16-10-21-23(17(16)14-6-7-14)11-13-4-2-1-3-5-13/h1-5,10,14-15H,6-9,11-12H2,(H2,20,24)/t15-/m1/s1. The summed E-state index contributed by atoms with van der Waals surface area (Å²) in [7, 11) is 0. The van der Waals surface area contributed by atoms with Gasteiger partial charge in [-0.1, -0.05) is 30.3 Å². The van der Waals surface area contributed by atoms with Crippen LogP contribution in [0.5, 0.6) is 0 Å². The van der Waals surface area contributed by atoms with Crippen LogP contribution in [0, 0.1) is 5.92 Å². The molecule has 2 aromatic rings. The Hall–Kier alpha value is -2.63. The van der Waals surface area contributed by atoms with E-state index in [1.54, 1.807) is 11.1 Å². The average Bonchev–Trinajstić information content (AvgIpc) is 3.17. The zero-order valence-electron chi connectivity index (χ0n) is 14.1. The van der Waals surface area contributed by atoms with Crippen LogP contribution in [-0.4, -0.2) is 39.6 Å². The summed E-state index contributed by atoms with van der Waals surface area (Å²) >= 11 is 0. The lowest BCUT2D eigenvalue weighted by molar-refractivity contribution is -0.121. The Morgan fingerprint density at radius 3 is 2.56 bits per heavy atom. The Kier molecular flexibility index (Phi) is 4.03. The highest BCUT2D eigenvalue weighted by atomic mass is 16.2. The molecule has 2 amide bonds. The van der Waals surface area contributed by atoms with Crippen molar-refractivity contribution >= 4 is 11.8 Å². The third kappa shape index (κ3) is 3.16. The monoisotopic (exact) mass is 338 g/mol. The predicted molar refractivity (Wildman–Crippen MR) is 93.0 cm³/mol. The molecule has 4 rings (SSSR count). The second-order valence-electron chi connectivity index (χ2n) is 7.00. The summed E-state index contributed by atoms with van der Waals surface area (Å²) in [6.45, 7) is 1.67. The largest absolute Gasteiger partial charge is 0.369 e. The molecule has 1 atom stereocenters. The van der Waals surface area contributed by atoms with Gasteiger partial charge >= 0.3 is 0 Å². The molecular formula is C19H22N4O2. The van der Waals surface area contributed by atoms with Crippen molar-refractivity contribution in [1.29, 1.82) is 0 Å². The van der Waals surface area contributed by atoms with E-state index in [1.807, 2.05) is 22.9 Å². The van der Waals surface area contributed by atoms with Crippen LogP contribution in [0.15, 0.2) is 36.5 Å². The van der Waals surface area contributed by atoms with Crippen molar-refractivity contribution in [2.75, 3.05) is 13.1 Å². The second kappa shape index (κ2) is 6.35. The SMILES string of the molecule is NC(=O)[C@@H]1CCN(C(=O)c2cnn(Cc3ccccc3)c2C2CC2)C1. The number of hydrogen-bond acceptors (Lipinski definition) is 3. The van der Waals surface area contributed by atoms with Gasteiger partial charge in [0.05, 0.1) is 29.9 Å². The number of likely N-dealkylation sites (tertiary alicyclic amines) is 1. The minimum Gasteiger partial charge on any atom is -0.369 e. The third-order valence-corrected chi connectivity index (χ3v) is 5.13. The van der Waals surface area contributed by atoms with E-state index < -0.39 is 0 Å². The summed E-state index contributed by atoms with van der Waals surface area (Å²) in [5.74, 6) is -0.158. The van der Waals surface area contributed by atoms with Crippen molar-refractivity contribution < 1.29 is 9.59 Å². The predicted octanol–water partition coefficient (Wildman–Crippen LogP) is 1.76. The molecule has 2 fully saturated rings. The molecule has 1 saturated heterocycles. The Morgan fingerprint density at radius 2 is 1.92 bits per heavy atom. The zero-order chi connectivity index (χ0) is 17.4. The van der Waals surface area contributed by atoms with Gasteiger partial charge in [0.2, 0.25) is 5.91 Å². The summed E-state index contributed by atoms with van der Waals surface area (Å²) < 4.78 is 1.96. The number of nitrogens with two attached hydrogens (primary N) is 1. The summed E-state index contributed by atoms with van der Waals surface area (Å²) in [6, 6.07) is 10.1. The van der Waals surface area contributed by atoms with Crippen LogP contribution >= 0.6 is 0 Å². The molecule has 1 saturated carbocycles. The van der Waals surface area contributed by atoms with Crippen LogP contribution in [0.1, 0.15) is 46.8 Å². The van der Waals surface area contributed by atoms with Gasteiger partial charge in [0.15, 0.2) is 0 Å². The van der Waals surface area contributed by atoms with Crippen LogP contribution in [0.2, 0.25) is 0 Å². The number of primary amides is 1. The molecule has 130 valence electrons. The van der Waals surface area contributed by atoms with Gasteiger partial charge in [-0.15, -0.1) is 0 Å². The van der Waals surface area contributed by atoms with Gasteiger partial charge in [-0.25, -0.2) is 0 Å². The molecule has 2 aliphatic rings. The quantitative estimate of drug-likeness (QED) is 0.902. The van der Waals surface area contributed by atoms with E-state index in [-0.39, 0.29) is 17.7 Å². The molecule has 1 aromatic carbocycles. The van der Waals surface area contributed by atoms with E-state index in [2.05, 4.69) is 17.2 Å². The van der Waals surface area contributed by atoms with Gasteiger partial charge in [0.1, 0.15) is 0 Å². The summed E-state index contributed by atoms with van der Waals surface area (Å²) in [5.41, 5.74) is 8.27. The second-order valence-corrected chi connectivity index (χ2v) is 7.00. The average molecular weight is 338 g/mol. The Morgan fingerprint density at radius 1 is 1.16 bits per heavy atom. The van der Waals surface area contributed by atoms with Crippen LogP contribution < -0.4 is 5.73 Å². The molecule has 0 radical (unpaired) electrons. The number of carbonyl (C=O) groups is 2. The molecule has 2 N–H and O–H groups in total. The maximum atomic E-state index is 13.0. The first kappa shape index (κ1) is 15.9. The van der Waals surface area contributed by atoms with Crippen LogP contribution in [-0.2, 0) is 11.3 Å². The number of rotatable bonds is 5. The summed E-state index contributed by atoms with van der Waals surface area (Å²) in [5, 5.41) is 4.50. The van der Waals surface area contributed by atoms with E-state index in [0.717, 1.165) is 18.5 Å². The third-order valence-electron chi connectivity index (χ3n) is 5.13. The maximum absolute atomic E-state index is 13.0. The van der Waals surface area contributed by atoms with Gasteiger partial charge in [0, 0.05) is 19.0 Å². The molecule has 0 spiro atoms. The van der Waals surface area contributed by atoms with E-state index in [1.165, 1.54) is 5.56 Å². The molecular weight excluding hydrogens is 316 g/mol. The highest BCUT2D eigenvalue weighted by Gasteiger charge is 2.36. The van der Waals surface area contributed by atoms with Crippen LogP contribution in [0.3, 0.4) is 0 Å². The number of aromatic nitrogens is 2. The lowest BCUT2D eigenvalue weighted by Gasteiger charge is -2.16. The minimum absolute atomic E-state index is 0.0232. The number of amides is 2. The molecule has 0 bridgehead atoms. The molecule has 6 nitrogen and oxygen atoms in total. The maximum Gasteiger partial charge on any atom is 0.257 e. The first-order valence-electron chi connectivity index (χ1n) is 8.81. The van der Waals surface area contributed by atoms with E-state index in [4.69, 9.17) is 5.73 Å². The van der Waals surface area contributed by atoms with Crippen LogP contribution in [0.25, 0.3) is 0 Å². The lowest BCUT2D eigenvalue weighted by atomic mass is 10.1. The molecule has 6 heteroatoms. The summed E-state index contributed by atoms with van der Waals surface area (Å²) in [4.78, 5) is 26.1. The molecule has 1 aliphatic carbocycles. The highest BCUT2D eigenvalue weighted by molar-refractivity contribution is 5.96. The molecule has 25 heavy (non-hydrogen) atoms. The fraction of sp³-hybridized carbons (Fsp3) is 0.421. The van der Waals surface area contributed by atoms with E-state index in [0.29, 0.717) is 37.5 Å². The van der Waals surface area contributed by atoms with Crippen molar-refractivity contribution in [3.8, 4) is 0 Å². The van der Waals surface area contributed by atoms with E-state index >= 15 is 0 Å². The zero-order valence-corrected chi connectivity index (χ0v) is 14.1. The Bertz CT molecular complexity index is 795. The van der Waals surface area contributed by atoms with Gasteiger partial charge < -0.3 is 10.6 Å². The first-order chi connectivity index (χ1) is 12.1. The van der Waals surface area contributed by atoms with Crippen LogP contribution in [0.4, 0.5) is 0 Å².